The monoisotopic (exact) mass is 443 g/mol. The third-order valence-electron chi connectivity index (χ3n) is 6.42. The zero-order valence-corrected chi connectivity index (χ0v) is 18.9. The van der Waals surface area contributed by atoms with Crippen molar-refractivity contribution in [3.05, 3.63) is 70.6 Å². The van der Waals surface area contributed by atoms with E-state index in [0.29, 0.717) is 59.7 Å². The molecule has 4 heterocycles. The van der Waals surface area contributed by atoms with Crippen LogP contribution in [0.4, 0.5) is 0 Å². The maximum absolute atomic E-state index is 13.5. The number of benzene rings is 1. The highest BCUT2D eigenvalue weighted by Gasteiger charge is 2.31. The molecular formula is C26H25N3O4. The normalized spacial score (nSPS) is 14.7. The number of aryl methyl sites for hydroxylation is 3. The van der Waals surface area contributed by atoms with Gasteiger partial charge in [-0.2, -0.15) is 0 Å². The molecule has 1 aliphatic heterocycles. The largest absolute Gasteiger partial charge is 0.463 e. The summed E-state index contributed by atoms with van der Waals surface area (Å²) < 4.78 is 10.8. The van der Waals surface area contributed by atoms with Crippen LogP contribution in [0, 0.1) is 26.7 Å². The Bertz CT molecular complexity index is 1350. The average Bonchev–Trinajstić information content (AvgIpc) is 3.48. The highest BCUT2D eigenvalue weighted by atomic mass is 16.5. The Hall–Kier alpha value is -3.74. The van der Waals surface area contributed by atoms with Crippen molar-refractivity contribution in [2.24, 2.45) is 5.92 Å². The Kier molecular flexibility index (Phi) is 5.32. The maximum Gasteiger partial charge on any atom is 0.259 e. The highest BCUT2D eigenvalue weighted by Crippen LogP contribution is 2.30. The van der Waals surface area contributed by atoms with E-state index in [2.05, 4.69) is 10.1 Å². The molecule has 4 aromatic rings. The van der Waals surface area contributed by atoms with Crippen LogP contribution in [0.2, 0.25) is 0 Å². The van der Waals surface area contributed by atoms with E-state index in [-0.39, 0.29) is 17.6 Å². The minimum Gasteiger partial charge on any atom is -0.463 e. The van der Waals surface area contributed by atoms with Gasteiger partial charge in [0.05, 0.1) is 22.9 Å². The molecule has 0 spiro atoms. The number of furan rings is 1. The van der Waals surface area contributed by atoms with Gasteiger partial charge in [0.15, 0.2) is 11.5 Å². The number of pyridine rings is 1. The summed E-state index contributed by atoms with van der Waals surface area (Å²) in [5, 5.41) is 4.62. The molecule has 1 saturated heterocycles. The highest BCUT2D eigenvalue weighted by molar-refractivity contribution is 6.07. The van der Waals surface area contributed by atoms with Crippen LogP contribution in [0.1, 0.15) is 50.4 Å². The van der Waals surface area contributed by atoms with Crippen LogP contribution in [0.25, 0.3) is 22.6 Å². The Morgan fingerprint density at radius 3 is 2.52 bits per heavy atom. The SMILES string of the molecule is Cc1ccc(C(=O)C2CCN(C(=O)c3cc(-c4ccco4)nc4onc(C)c34)CC2)c(C)c1. The topological polar surface area (TPSA) is 89.4 Å². The molecule has 1 aliphatic rings. The van der Waals surface area contributed by atoms with Gasteiger partial charge in [0.25, 0.3) is 11.6 Å². The van der Waals surface area contributed by atoms with Gasteiger partial charge >= 0.3 is 0 Å². The van der Waals surface area contributed by atoms with Gasteiger partial charge < -0.3 is 13.8 Å². The number of hydrogen-bond donors (Lipinski definition) is 0. The summed E-state index contributed by atoms with van der Waals surface area (Å²) in [6, 6.07) is 11.2. The maximum atomic E-state index is 13.5. The van der Waals surface area contributed by atoms with Crippen molar-refractivity contribution in [3.8, 4) is 11.5 Å². The molecule has 0 unspecified atom stereocenters. The molecule has 0 radical (unpaired) electrons. The number of ketones is 1. The fraction of sp³-hybridized carbons (Fsp3) is 0.308. The number of carbonyl (C=O) groups is 2. The number of fused-ring (bicyclic) bond motifs is 1. The van der Waals surface area contributed by atoms with Crippen LogP contribution in [0.15, 0.2) is 51.6 Å². The van der Waals surface area contributed by atoms with E-state index in [1.54, 1.807) is 36.3 Å². The van der Waals surface area contributed by atoms with Gasteiger partial charge in [0, 0.05) is 24.6 Å². The number of Topliss-reactive ketones (excluding diaryl/α,β-unsaturated/α-hetero) is 1. The molecule has 7 nitrogen and oxygen atoms in total. The van der Waals surface area contributed by atoms with Gasteiger partial charge in [-0.05, 0) is 57.4 Å². The number of carbonyl (C=O) groups excluding carboxylic acids is 2. The van der Waals surface area contributed by atoms with Crippen molar-refractivity contribution in [1.29, 1.82) is 0 Å². The molecule has 1 fully saturated rings. The molecule has 0 atom stereocenters. The lowest BCUT2D eigenvalue weighted by Crippen LogP contribution is -2.40. The van der Waals surface area contributed by atoms with E-state index in [1.165, 1.54) is 0 Å². The molecule has 0 saturated carbocycles. The van der Waals surface area contributed by atoms with Crippen molar-refractivity contribution in [2.75, 3.05) is 13.1 Å². The zero-order chi connectivity index (χ0) is 23.1. The van der Waals surface area contributed by atoms with Gasteiger partial charge in [0.2, 0.25) is 0 Å². The summed E-state index contributed by atoms with van der Waals surface area (Å²) in [4.78, 5) is 32.9. The zero-order valence-electron chi connectivity index (χ0n) is 18.9. The third-order valence-corrected chi connectivity index (χ3v) is 6.42. The number of amides is 1. The standard InChI is InChI=1S/C26H25N3O4/c1-15-6-7-19(16(2)13-15)24(30)18-8-10-29(11-9-18)26(31)20-14-21(22-5-4-12-32-22)27-25-23(20)17(3)28-33-25/h4-7,12-14,18H,8-11H2,1-3H3. The Morgan fingerprint density at radius 2 is 1.82 bits per heavy atom. The second-order valence-electron chi connectivity index (χ2n) is 8.73. The summed E-state index contributed by atoms with van der Waals surface area (Å²) in [6.07, 6.45) is 2.84. The van der Waals surface area contributed by atoms with Crippen LogP contribution in [0.3, 0.4) is 0 Å². The van der Waals surface area contributed by atoms with Crippen LogP contribution < -0.4 is 0 Å². The Labute approximate surface area is 191 Å². The number of piperidine rings is 1. The molecule has 168 valence electrons. The van der Waals surface area contributed by atoms with Crippen molar-refractivity contribution < 1.29 is 18.5 Å². The number of likely N-dealkylation sites (tertiary alicyclic amines) is 1. The lowest BCUT2D eigenvalue weighted by Gasteiger charge is -2.31. The van der Waals surface area contributed by atoms with Crippen molar-refractivity contribution >= 4 is 22.8 Å². The van der Waals surface area contributed by atoms with Gasteiger partial charge in [-0.15, -0.1) is 0 Å². The van der Waals surface area contributed by atoms with Gasteiger partial charge in [-0.3, -0.25) is 9.59 Å². The first-order chi connectivity index (χ1) is 15.9. The van der Waals surface area contributed by atoms with E-state index in [4.69, 9.17) is 8.94 Å². The lowest BCUT2D eigenvalue weighted by atomic mass is 9.86. The second-order valence-corrected chi connectivity index (χ2v) is 8.73. The first-order valence-electron chi connectivity index (χ1n) is 11.1. The molecule has 0 N–H and O–H groups in total. The van der Waals surface area contributed by atoms with E-state index in [0.717, 1.165) is 16.7 Å². The van der Waals surface area contributed by atoms with E-state index in [9.17, 15) is 9.59 Å². The van der Waals surface area contributed by atoms with E-state index >= 15 is 0 Å². The van der Waals surface area contributed by atoms with Crippen LogP contribution >= 0.6 is 0 Å². The molecule has 7 heteroatoms. The summed E-state index contributed by atoms with van der Waals surface area (Å²) in [5.41, 5.74) is 4.87. The van der Waals surface area contributed by atoms with Gasteiger partial charge in [-0.25, -0.2) is 4.98 Å². The Morgan fingerprint density at radius 1 is 1.03 bits per heavy atom. The average molecular weight is 444 g/mol. The Balaban J connectivity index is 1.38. The molecule has 5 rings (SSSR count). The van der Waals surface area contributed by atoms with E-state index < -0.39 is 0 Å². The first-order valence-corrected chi connectivity index (χ1v) is 11.1. The minimum absolute atomic E-state index is 0.0797. The minimum atomic E-state index is -0.112. The number of hydrogen-bond acceptors (Lipinski definition) is 6. The van der Waals surface area contributed by atoms with Crippen LogP contribution in [0.5, 0.6) is 0 Å². The lowest BCUT2D eigenvalue weighted by molar-refractivity contribution is 0.0651. The molecule has 0 aliphatic carbocycles. The molecule has 1 aromatic carbocycles. The summed E-state index contributed by atoms with van der Waals surface area (Å²) in [5.74, 6) is 0.529. The fourth-order valence-electron chi connectivity index (χ4n) is 4.64. The van der Waals surface area contributed by atoms with Crippen molar-refractivity contribution in [2.45, 2.75) is 33.6 Å². The predicted octanol–water partition coefficient (Wildman–Crippen LogP) is 5.14. The summed E-state index contributed by atoms with van der Waals surface area (Å²) in [6.45, 7) is 6.84. The van der Waals surface area contributed by atoms with Crippen molar-refractivity contribution in [1.82, 2.24) is 15.0 Å². The van der Waals surface area contributed by atoms with Crippen LogP contribution in [-0.2, 0) is 0 Å². The van der Waals surface area contributed by atoms with Crippen LogP contribution in [-0.4, -0.2) is 39.8 Å². The second kappa shape index (κ2) is 8.31. The van der Waals surface area contributed by atoms with Gasteiger partial charge in [0.1, 0.15) is 5.69 Å². The summed E-state index contributed by atoms with van der Waals surface area (Å²) in [7, 11) is 0. The third kappa shape index (κ3) is 3.84. The number of rotatable bonds is 4. The first kappa shape index (κ1) is 21.1. The van der Waals surface area contributed by atoms with E-state index in [1.807, 2.05) is 32.0 Å². The number of aromatic nitrogens is 2. The van der Waals surface area contributed by atoms with Crippen molar-refractivity contribution in [3.63, 3.8) is 0 Å². The molecule has 0 bridgehead atoms. The number of nitrogens with zero attached hydrogens (tertiary/aromatic N) is 3. The summed E-state index contributed by atoms with van der Waals surface area (Å²) >= 11 is 0. The smallest absolute Gasteiger partial charge is 0.259 e. The van der Waals surface area contributed by atoms with Gasteiger partial charge in [-0.1, -0.05) is 28.9 Å². The molecule has 3 aromatic heterocycles. The molecular weight excluding hydrogens is 418 g/mol. The predicted molar refractivity (Wildman–Crippen MR) is 123 cm³/mol. The fourth-order valence-corrected chi connectivity index (χ4v) is 4.64. The quantitative estimate of drug-likeness (QED) is 0.406. The molecule has 1 amide bonds. The molecule has 33 heavy (non-hydrogen) atoms.